The second kappa shape index (κ2) is 7.45. The van der Waals surface area contributed by atoms with Gasteiger partial charge in [-0.1, -0.05) is 19.1 Å². The molecule has 0 saturated carbocycles. The van der Waals surface area contributed by atoms with E-state index in [9.17, 15) is 4.79 Å². The molecule has 134 valence electrons. The van der Waals surface area contributed by atoms with Gasteiger partial charge in [0.1, 0.15) is 5.82 Å². The third-order valence-electron chi connectivity index (χ3n) is 4.24. The number of carbonyl (C=O) groups excluding carboxylic acids is 1. The predicted octanol–water partition coefficient (Wildman–Crippen LogP) is 0.878. The largest absolute Gasteiger partial charge is 0.368 e. The molecule has 0 radical (unpaired) electrons. The second-order valence-electron chi connectivity index (χ2n) is 6.68. The van der Waals surface area contributed by atoms with Gasteiger partial charge in [0.2, 0.25) is 5.95 Å². The summed E-state index contributed by atoms with van der Waals surface area (Å²) in [6, 6.07) is 2.10. The first-order valence-electron chi connectivity index (χ1n) is 8.56. The quantitative estimate of drug-likeness (QED) is 0.827. The van der Waals surface area contributed by atoms with Crippen LogP contribution in [0.2, 0.25) is 0 Å². The van der Waals surface area contributed by atoms with Crippen molar-refractivity contribution < 1.29 is 4.79 Å². The zero-order chi connectivity index (χ0) is 17.8. The molecule has 1 fully saturated rings. The molecule has 3 heterocycles. The minimum atomic E-state index is -0.172. The molecule has 3 N–H and O–H groups in total. The Hall–Kier alpha value is -2.71. The van der Waals surface area contributed by atoms with E-state index in [1.54, 1.807) is 17.1 Å². The van der Waals surface area contributed by atoms with Crippen molar-refractivity contribution in [2.24, 2.45) is 5.92 Å². The van der Waals surface area contributed by atoms with Crippen molar-refractivity contribution in [3.8, 4) is 0 Å². The number of anilines is 2. The summed E-state index contributed by atoms with van der Waals surface area (Å²) in [7, 11) is 0. The fourth-order valence-electron chi connectivity index (χ4n) is 2.85. The van der Waals surface area contributed by atoms with Crippen LogP contribution in [-0.2, 0) is 0 Å². The van der Waals surface area contributed by atoms with Crippen molar-refractivity contribution in [1.29, 1.82) is 0 Å². The number of piperidine rings is 1. The minimum absolute atomic E-state index is 0.172. The highest BCUT2D eigenvalue weighted by molar-refractivity contribution is 5.91. The summed E-state index contributed by atoms with van der Waals surface area (Å²) in [4.78, 5) is 22.4. The maximum atomic E-state index is 12.1. The first-order valence-corrected chi connectivity index (χ1v) is 8.56. The molecule has 1 saturated heterocycles. The number of nitrogens with two attached hydrogens (primary N) is 1. The van der Waals surface area contributed by atoms with Crippen LogP contribution in [0.4, 0.5) is 11.8 Å². The molecule has 0 atom stereocenters. The molecule has 1 aliphatic heterocycles. The summed E-state index contributed by atoms with van der Waals surface area (Å²) in [5.41, 5.74) is 6.02. The lowest BCUT2D eigenvalue weighted by Crippen LogP contribution is -2.35. The number of hydrogen-bond donors (Lipinski definition) is 2. The molecule has 9 heteroatoms. The van der Waals surface area contributed by atoms with Gasteiger partial charge in [-0.15, -0.1) is 5.10 Å². The van der Waals surface area contributed by atoms with E-state index in [1.165, 1.54) is 0 Å². The van der Waals surface area contributed by atoms with Crippen LogP contribution in [0.5, 0.6) is 0 Å². The summed E-state index contributed by atoms with van der Waals surface area (Å²) >= 11 is 0. The summed E-state index contributed by atoms with van der Waals surface area (Å²) in [5, 5.41) is 11.0. The van der Waals surface area contributed by atoms with E-state index >= 15 is 0 Å². The molecule has 2 aromatic rings. The standard InChI is InChI=1S/C16H24N8O/c1-11(2)9-19-15(25)13-10-24(22-21-13)12-4-7-23(8-5-12)14-3-6-18-16(17)20-14/h3,6,10-12H,4-5,7-9H2,1-2H3,(H,19,25)(H2,17,18,20). The SMILES string of the molecule is CC(C)CNC(=O)c1cn(C2CCN(c3ccnc(N)n3)CC2)nn1. The van der Waals surface area contributed by atoms with Gasteiger partial charge in [0.15, 0.2) is 5.69 Å². The molecule has 2 aromatic heterocycles. The number of carbonyl (C=O) groups is 1. The number of nitrogen functional groups attached to an aromatic ring is 1. The van der Waals surface area contributed by atoms with Crippen LogP contribution in [0.25, 0.3) is 0 Å². The van der Waals surface area contributed by atoms with E-state index in [2.05, 4.69) is 44.3 Å². The number of rotatable bonds is 5. The average molecular weight is 344 g/mol. The monoisotopic (exact) mass is 344 g/mol. The Labute approximate surface area is 146 Å². The van der Waals surface area contributed by atoms with Crippen molar-refractivity contribution in [2.75, 3.05) is 30.3 Å². The van der Waals surface area contributed by atoms with Gasteiger partial charge >= 0.3 is 0 Å². The Morgan fingerprint density at radius 2 is 2.16 bits per heavy atom. The van der Waals surface area contributed by atoms with Gasteiger partial charge in [-0.3, -0.25) is 4.79 Å². The van der Waals surface area contributed by atoms with Crippen molar-refractivity contribution in [3.63, 3.8) is 0 Å². The second-order valence-corrected chi connectivity index (χ2v) is 6.68. The van der Waals surface area contributed by atoms with Crippen LogP contribution in [0, 0.1) is 5.92 Å². The lowest BCUT2D eigenvalue weighted by Gasteiger charge is -2.32. The fraction of sp³-hybridized carbons (Fsp3) is 0.562. The third-order valence-corrected chi connectivity index (χ3v) is 4.24. The smallest absolute Gasteiger partial charge is 0.273 e. The van der Waals surface area contributed by atoms with Gasteiger partial charge in [-0.2, -0.15) is 4.98 Å². The van der Waals surface area contributed by atoms with E-state index < -0.39 is 0 Å². The Bertz CT molecular complexity index is 720. The van der Waals surface area contributed by atoms with E-state index in [0.717, 1.165) is 31.7 Å². The maximum Gasteiger partial charge on any atom is 0.273 e. The summed E-state index contributed by atoms with van der Waals surface area (Å²) < 4.78 is 1.80. The number of nitrogens with zero attached hydrogens (tertiary/aromatic N) is 6. The summed E-state index contributed by atoms with van der Waals surface area (Å²) in [5.74, 6) is 1.36. The van der Waals surface area contributed by atoms with Gasteiger partial charge in [0.25, 0.3) is 5.91 Å². The maximum absolute atomic E-state index is 12.1. The van der Waals surface area contributed by atoms with Crippen LogP contribution in [-0.4, -0.2) is 50.5 Å². The fourth-order valence-corrected chi connectivity index (χ4v) is 2.85. The molecule has 1 amide bonds. The van der Waals surface area contributed by atoms with E-state index in [4.69, 9.17) is 5.73 Å². The lowest BCUT2D eigenvalue weighted by atomic mass is 10.1. The van der Waals surface area contributed by atoms with E-state index in [0.29, 0.717) is 18.2 Å². The Morgan fingerprint density at radius 1 is 1.40 bits per heavy atom. The molecule has 0 bridgehead atoms. The number of aromatic nitrogens is 5. The van der Waals surface area contributed by atoms with Crippen LogP contribution >= 0.6 is 0 Å². The Balaban J connectivity index is 1.57. The molecule has 0 unspecified atom stereocenters. The van der Waals surface area contributed by atoms with Gasteiger partial charge in [0.05, 0.1) is 12.2 Å². The van der Waals surface area contributed by atoms with Gasteiger partial charge in [-0.05, 0) is 24.8 Å². The number of nitrogens with one attached hydrogen (secondary N) is 1. The Morgan fingerprint density at radius 3 is 2.84 bits per heavy atom. The van der Waals surface area contributed by atoms with Crippen LogP contribution < -0.4 is 16.0 Å². The molecular weight excluding hydrogens is 320 g/mol. The lowest BCUT2D eigenvalue weighted by molar-refractivity contribution is 0.0944. The van der Waals surface area contributed by atoms with E-state index in [1.807, 2.05) is 6.07 Å². The van der Waals surface area contributed by atoms with Crippen LogP contribution in [0.15, 0.2) is 18.5 Å². The predicted molar refractivity (Wildman–Crippen MR) is 94.1 cm³/mol. The molecule has 0 aliphatic carbocycles. The zero-order valence-electron chi connectivity index (χ0n) is 14.6. The van der Waals surface area contributed by atoms with E-state index in [-0.39, 0.29) is 17.9 Å². The summed E-state index contributed by atoms with van der Waals surface area (Å²) in [6.07, 6.45) is 5.21. The molecule has 3 rings (SSSR count). The van der Waals surface area contributed by atoms with Gasteiger partial charge in [-0.25, -0.2) is 9.67 Å². The average Bonchev–Trinajstić information content (AvgIpc) is 3.10. The molecule has 0 aromatic carbocycles. The van der Waals surface area contributed by atoms with Crippen LogP contribution in [0.1, 0.15) is 43.2 Å². The normalized spacial score (nSPS) is 15.6. The Kier molecular flexibility index (Phi) is 5.11. The van der Waals surface area contributed by atoms with Crippen molar-refractivity contribution >= 4 is 17.7 Å². The number of amides is 1. The molecular formula is C16H24N8O. The summed E-state index contributed by atoms with van der Waals surface area (Å²) in [6.45, 7) is 6.42. The minimum Gasteiger partial charge on any atom is -0.368 e. The third kappa shape index (κ3) is 4.23. The van der Waals surface area contributed by atoms with Gasteiger partial charge in [0, 0.05) is 25.8 Å². The number of hydrogen-bond acceptors (Lipinski definition) is 7. The highest BCUT2D eigenvalue weighted by Crippen LogP contribution is 2.25. The van der Waals surface area contributed by atoms with Crippen molar-refractivity contribution in [1.82, 2.24) is 30.3 Å². The molecule has 25 heavy (non-hydrogen) atoms. The molecule has 0 spiro atoms. The first-order chi connectivity index (χ1) is 12.0. The topological polar surface area (TPSA) is 115 Å². The highest BCUT2D eigenvalue weighted by Gasteiger charge is 2.23. The van der Waals surface area contributed by atoms with Gasteiger partial charge < -0.3 is 16.0 Å². The first kappa shape index (κ1) is 17.1. The van der Waals surface area contributed by atoms with Crippen LogP contribution in [0.3, 0.4) is 0 Å². The molecule has 1 aliphatic rings. The van der Waals surface area contributed by atoms with Crippen molar-refractivity contribution in [3.05, 3.63) is 24.2 Å². The van der Waals surface area contributed by atoms with Crippen molar-refractivity contribution in [2.45, 2.75) is 32.7 Å². The zero-order valence-corrected chi connectivity index (χ0v) is 14.6. The highest BCUT2D eigenvalue weighted by atomic mass is 16.2. The molecule has 9 nitrogen and oxygen atoms in total.